The smallest absolute Gasteiger partial charge is 0.132 e. The maximum Gasteiger partial charge on any atom is 0.132 e. The minimum atomic E-state index is -1.30. The Labute approximate surface area is 167 Å². The van der Waals surface area contributed by atoms with Crippen molar-refractivity contribution in [3.8, 4) is 0 Å². The monoisotopic (exact) mass is 403 g/mol. The van der Waals surface area contributed by atoms with Crippen LogP contribution in [0.1, 0.15) is 59.8 Å². The molecule has 0 aromatic rings. The van der Waals surface area contributed by atoms with E-state index in [4.69, 9.17) is 4.74 Å². The lowest BCUT2D eigenvalue weighted by Gasteiger charge is -2.41. The van der Waals surface area contributed by atoms with Gasteiger partial charge in [0.25, 0.3) is 0 Å². The number of rotatable bonds is 5. The van der Waals surface area contributed by atoms with Gasteiger partial charge in [0.05, 0.1) is 6.61 Å². The standard InChI is InChI=1S/C20H37NO5S/c1-19(2)6-5-11(8-19)21-12-7-14(20(3,4)9-12)27-18-17(25)16(24)15(23)13(10-22)26-18/h11-18,21-25H,5-10H2,1-4H3/t11?,12?,13-,14?,15+,16+,17-,18?/m1/s1. The number of thioether (sulfide) groups is 1. The number of hydrogen-bond donors (Lipinski definition) is 5. The Morgan fingerprint density at radius 3 is 2.30 bits per heavy atom. The highest BCUT2D eigenvalue weighted by Crippen LogP contribution is 2.48. The molecule has 0 aromatic carbocycles. The van der Waals surface area contributed by atoms with Gasteiger partial charge in [0.1, 0.15) is 29.9 Å². The van der Waals surface area contributed by atoms with Crippen molar-refractivity contribution in [1.82, 2.24) is 5.32 Å². The summed E-state index contributed by atoms with van der Waals surface area (Å²) in [6, 6.07) is 1.03. The lowest BCUT2D eigenvalue weighted by Crippen LogP contribution is -2.58. The Kier molecular flexibility index (Phi) is 6.54. The Morgan fingerprint density at radius 1 is 1.00 bits per heavy atom. The van der Waals surface area contributed by atoms with Gasteiger partial charge in [-0.3, -0.25) is 0 Å². The molecular formula is C20H37NO5S. The summed E-state index contributed by atoms with van der Waals surface area (Å²) in [4.78, 5) is 0. The summed E-state index contributed by atoms with van der Waals surface area (Å²) < 4.78 is 5.71. The van der Waals surface area contributed by atoms with Crippen molar-refractivity contribution >= 4 is 11.8 Å². The molecule has 0 radical (unpaired) electrons. The van der Waals surface area contributed by atoms with Crippen LogP contribution < -0.4 is 5.32 Å². The van der Waals surface area contributed by atoms with Crippen LogP contribution in [0.3, 0.4) is 0 Å². The quantitative estimate of drug-likeness (QED) is 0.471. The van der Waals surface area contributed by atoms with Crippen LogP contribution in [-0.2, 0) is 4.74 Å². The summed E-state index contributed by atoms with van der Waals surface area (Å²) in [6.07, 6.45) is 1.19. The second kappa shape index (κ2) is 8.09. The van der Waals surface area contributed by atoms with Crippen molar-refractivity contribution in [2.75, 3.05) is 6.61 Å². The zero-order valence-corrected chi connectivity index (χ0v) is 17.8. The molecule has 4 unspecified atom stereocenters. The van der Waals surface area contributed by atoms with Crippen molar-refractivity contribution in [3.63, 3.8) is 0 Å². The molecule has 1 heterocycles. The fourth-order valence-corrected chi connectivity index (χ4v) is 6.71. The summed E-state index contributed by atoms with van der Waals surface area (Å²) in [5.74, 6) is 0. The van der Waals surface area contributed by atoms with E-state index < -0.39 is 29.9 Å². The molecular weight excluding hydrogens is 366 g/mol. The third kappa shape index (κ3) is 4.82. The van der Waals surface area contributed by atoms with Crippen LogP contribution in [0.15, 0.2) is 0 Å². The van der Waals surface area contributed by atoms with Crippen LogP contribution in [0.25, 0.3) is 0 Å². The molecule has 8 atom stereocenters. The van der Waals surface area contributed by atoms with Crippen LogP contribution in [0.2, 0.25) is 0 Å². The number of nitrogens with one attached hydrogen (secondary N) is 1. The molecule has 3 aliphatic rings. The average Bonchev–Trinajstić information content (AvgIpc) is 3.06. The van der Waals surface area contributed by atoms with E-state index in [1.807, 2.05) is 0 Å². The van der Waals surface area contributed by atoms with E-state index in [0.29, 0.717) is 17.5 Å². The van der Waals surface area contributed by atoms with Gasteiger partial charge in [0.2, 0.25) is 0 Å². The molecule has 1 saturated heterocycles. The molecule has 3 rings (SSSR count). The van der Waals surface area contributed by atoms with Crippen LogP contribution in [0.5, 0.6) is 0 Å². The highest BCUT2D eigenvalue weighted by molar-refractivity contribution is 8.00. The van der Waals surface area contributed by atoms with Gasteiger partial charge in [0, 0.05) is 17.3 Å². The summed E-state index contributed by atoms with van der Waals surface area (Å²) >= 11 is 1.54. The van der Waals surface area contributed by atoms with Crippen LogP contribution in [-0.4, -0.2) is 74.2 Å². The molecule has 158 valence electrons. The third-order valence-corrected chi connectivity index (χ3v) is 8.55. The predicted octanol–water partition coefficient (Wildman–Crippen LogP) is 1.24. The van der Waals surface area contributed by atoms with Crippen molar-refractivity contribution in [3.05, 3.63) is 0 Å². The molecule has 27 heavy (non-hydrogen) atoms. The van der Waals surface area contributed by atoms with E-state index in [0.717, 1.165) is 12.8 Å². The van der Waals surface area contributed by atoms with E-state index in [-0.39, 0.29) is 17.3 Å². The lowest BCUT2D eigenvalue weighted by atomic mass is 9.91. The molecule has 7 heteroatoms. The fourth-order valence-electron chi connectivity index (χ4n) is 5.05. The number of aliphatic hydroxyl groups is 4. The normalized spacial score (nSPS) is 46.7. The third-order valence-electron chi connectivity index (χ3n) is 6.73. The van der Waals surface area contributed by atoms with Crippen molar-refractivity contribution in [2.45, 2.75) is 107 Å². The van der Waals surface area contributed by atoms with Crippen molar-refractivity contribution in [1.29, 1.82) is 0 Å². The first-order valence-electron chi connectivity index (χ1n) is 10.2. The Morgan fingerprint density at radius 2 is 1.70 bits per heavy atom. The Hall–Kier alpha value is 0.110. The lowest BCUT2D eigenvalue weighted by molar-refractivity contribution is -0.205. The van der Waals surface area contributed by atoms with Gasteiger partial charge in [-0.05, 0) is 42.9 Å². The molecule has 5 N–H and O–H groups in total. The van der Waals surface area contributed by atoms with Gasteiger partial charge >= 0.3 is 0 Å². The van der Waals surface area contributed by atoms with Gasteiger partial charge in [0.15, 0.2) is 0 Å². The molecule has 0 aromatic heterocycles. The van der Waals surface area contributed by atoms with E-state index >= 15 is 0 Å². The second-order valence-electron chi connectivity index (χ2n) is 10.2. The zero-order valence-electron chi connectivity index (χ0n) is 17.0. The molecule has 0 bridgehead atoms. The average molecular weight is 404 g/mol. The molecule has 1 aliphatic heterocycles. The first-order chi connectivity index (χ1) is 12.5. The number of hydrogen-bond acceptors (Lipinski definition) is 7. The maximum absolute atomic E-state index is 10.4. The van der Waals surface area contributed by atoms with Crippen LogP contribution in [0, 0.1) is 10.8 Å². The van der Waals surface area contributed by atoms with Gasteiger partial charge in [-0.1, -0.05) is 27.7 Å². The molecule has 2 saturated carbocycles. The Bertz CT molecular complexity index is 515. The summed E-state index contributed by atoms with van der Waals surface area (Å²) in [7, 11) is 0. The van der Waals surface area contributed by atoms with Gasteiger partial charge in [-0.25, -0.2) is 0 Å². The fraction of sp³-hybridized carbons (Fsp3) is 1.00. The van der Waals surface area contributed by atoms with Crippen molar-refractivity contribution in [2.24, 2.45) is 10.8 Å². The minimum Gasteiger partial charge on any atom is -0.394 e. The largest absolute Gasteiger partial charge is 0.394 e. The topological polar surface area (TPSA) is 102 Å². The minimum absolute atomic E-state index is 0.0786. The Balaban J connectivity index is 1.59. The first kappa shape index (κ1) is 21.8. The van der Waals surface area contributed by atoms with Gasteiger partial charge in [-0.2, -0.15) is 0 Å². The van der Waals surface area contributed by atoms with E-state index in [2.05, 4.69) is 33.0 Å². The summed E-state index contributed by atoms with van der Waals surface area (Å²) in [6.45, 7) is 8.79. The zero-order chi connectivity index (χ0) is 20.0. The molecule has 6 nitrogen and oxygen atoms in total. The van der Waals surface area contributed by atoms with Gasteiger partial charge < -0.3 is 30.5 Å². The van der Waals surface area contributed by atoms with E-state index in [1.54, 1.807) is 0 Å². The van der Waals surface area contributed by atoms with E-state index in [9.17, 15) is 20.4 Å². The highest BCUT2D eigenvalue weighted by atomic mass is 32.2. The molecule has 3 fully saturated rings. The second-order valence-corrected chi connectivity index (χ2v) is 11.5. The predicted molar refractivity (Wildman–Crippen MR) is 107 cm³/mol. The molecule has 0 spiro atoms. The summed E-state index contributed by atoms with van der Waals surface area (Å²) in [5, 5.41) is 43.9. The SMILES string of the molecule is CC1(C)CCC(NC2CC(SC3O[C@H](CO)[C@H](O)[C@H](O)[C@H]3O)C(C)(C)C2)C1. The first-order valence-corrected chi connectivity index (χ1v) is 11.2. The van der Waals surface area contributed by atoms with Crippen LogP contribution >= 0.6 is 11.8 Å². The van der Waals surface area contributed by atoms with Crippen LogP contribution in [0.4, 0.5) is 0 Å². The molecule has 0 amide bonds. The molecule has 2 aliphatic carbocycles. The number of ether oxygens (including phenoxy) is 1. The van der Waals surface area contributed by atoms with E-state index in [1.165, 1.54) is 31.0 Å². The van der Waals surface area contributed by atoms with Gasteiger partial charge in [-0.15, -0.1) is 11.8 Å². The highest BCUT2D eigenvalue weighted by Gasteiger charge is 2.48. The number of aliphatic hydroxyl groups excluding tert-OH is 4. The maximum atomic E-state index is 10.4. The van der Waals surface area contributed by atoms with Crippen molar-refractivity contribution < 1.29 is 25.2 Å². The summed E-state index contributed by atoms with van der Waals surface area (Å²) in [5.41, 5.74) is -0.139.